The SMILES string of the molecule is CC(C)Oc1cc(-c2ccc(CCCN(C[C@H](O)c3cccc(Cl)c3)C(=O)OC(C)(C)C)cc2)ccc1C(=O)NS(=O)(=O)CCCO. The number of rotatable bonds is 15. The van der Waals surface area contributed by atoms with Crippen molar-refractivity contribution in [3.05, 3.63) is 88.4 Å². The Hall–Kier alpha value is -3.64. The van der Waals surface area contributed by atoms with Crippen molar-refractivity contribution in [3.8, 4) is 16.9 Å². The summed E-state index contributed by atoms with van der Waals surface area (Å²) in [5, 5.41) is 20.3. The molecule has 256 valence electrons. The lowest BCUT2D eigenvalue weighted by atomic mass is 10.00. The van der Waals surface area contributed by atoms with Crippen LogP contribution in [0.4, 0.5) is 4.79 Å². The number of aliphatic hydroxyl groups is 2. The fourth-order valence-electron chi connectivity index (χ4n) is 4.69. The smallest absolute Gasteiger partial charge is 0.410 e. The highest BCUT2D eigenvalue weighted by atomic mass is 35.5. The van der Waals surface area contributed by atoms with Crippen LogP contribution in [0.5, 0.6) is 5.75 Å². The van der Waals surface area contributed by atoms with Crippen LogP contribution in [-0.4, -0.2) is 72.7 Å². The van der Waals surface area contributed by atoms with E-state index in [1.165, 1.54) is 11.0 Å². The minimum absolute atomic E-state index is 0.0159. The third kappa shape index (κ3) is 12.5. The largest absolute Gasteiger partial charge is 0.490 e. The van der Waals surface area contributed by atoms with Crippen LogP contribution >= 0.6 is 11.6 Å². The molecule has 0 saturated carbocycles. The van der Waals surface area contributed by atoms with Gasteiger partial charge in [0.15, 0.2) is 0 Å². The number of halogens is 1. The Morgan fingerprint density at radius 3 is 2.28 bits per heavy atom. The average molecular weight is 689 g/mol. The van der Waals surface area contributed by atoms with Crippen molar-refractivity contribution in [2.45, 2.75) is 71.7 Å². The summed E-state index contributed by atoms with van der Waals surface area (Å²) in [4.78, 5) is 27.3. The summed E-state index contributed by atoms with van der Waals surface area (Å²) in [7, 11) is -3.91. The average Bonchev–Trinajstić information content (AvgIpc) is 2.98. The van der Waals surface area contributed by atoms with E-state index in [2.05, 4.69) is 0 Å². The molecule has 0 radical (unpaired) electrons. The zero-order chi connectivity index (χ0) is 34.8. The minimum atomic E-state index is -3.91. The van der Waals surface area contributed by atoms with Crippen molar-refractivity contribution in [1.82, 2.24) is 9.62 Å². The van der Waals surface area contributed by atoms with Gasteiger partial charge in [-0.3, -0.25) is 4.79 Å². The van der Waals surface area contributed by atoms with Crippen molar-refractivity contribution >= 4 is 33.6 Å². The zero-order valence-corrected chi connectivity index (χ0v) is 29.1. The molecule has 0 spiro atoms. The van der Waals surface area contributed by atoms with Crippen molar-refractivity contribution < 1.29 is 37.7 Å². The van der Waals surface area contributed by atoms with Gasteiger partial charge >= 0.3 is 6.09 Å². The maximum atomic E-state index is 13.0. The number of nitrogens with one attached hydrogen (secondary N) is 1. The van der Waals surface area contributed by atoms with Crippen molar-refractivity contribution in [2.24, 2.45) is 0 Å². The molecule has 1 atom stereocenters. The molecule has 3 aromatic carbocycles. The van der Waals surface area contributed by atoms with Crippen LogP contribution in [0, 0.1) is 0 Å². The molecule has 3 N–H and O–H groups in total. The van der Waals surface area contributed by atoms with Crippen LogP contribution in [-0.2, 0) is 21.2 Å². The number of benzene rings is 3. The number of carbonyl (C=O) groups excluding carboxylic acids is 2. The van der Waals surface area contributed by atoms with Gasteiger partial charge in [-0.2, -0.15) is 0 Å². The summed E-state index contributed by atoms with van der Waals surface area (Å²) in [5.74, 6) is -0.927. The van der Waals surface area contributed by atoms with Crippen molar-refractivity contribution in [3.63, 3.8) is 0 Å². The van der Waals surface area contributed by atoms with Crippen molar-refractivity contribution in [2.75, 3.05) is 25.4 Å². The van der Waals surface area contributed by atoms with E-state index in [1.54, 1.807) is 57.2 Å². The highest BCUT2D eigenvalue weighted by Crippen LogP contribution is 2.29. The van der Waals surface area contributed by atoms with Gasteiger partial charge in [0.05, 0.1) is 30.1 Å². The lowest BCUT2D eigenvalue weighted by molar-refractivity contribution is 0.0142. The van der Waals surface area contributed by atoms with E-state index in [4.69, 9.17) is 26.2 Å². The molecule has 0 aromatic heterocycles. The van der Waals surface area contributed by atoms with Gasteiger partial charge in [-0.1, -0.05) is 54.1 Å². The third-order valence-electron chi connectivity index (χ3n) is 6.87. The first-order chi connectivity index (χ1) is 22.1. The van der Waals surface area contributed by atoms with Gasteiger partial charge in [-0.25, -0.2) is 17.9 Å². The van der Waals surface area contributed by atoms with Gasteiger partial charge in [-0.15, -0.1) is 0 Å². The topological polar surface area (TPSA) is 142 Å². The van der Waals surface area contributed by atoms with E-state index in [1.807, 2.05) is 42.8 Å². The molecule has 0 saturated heterocycles. The van der Waals surface area contributed by atoms with Gasteiger partial charge in [0.1, 0.15) is 11.4 Å². The Balaban J connectivity index is 1.71. The summed E-state index contributed by atoms with van der Waals surface area (Å²) in [6.45, 7) is 9.12. The number of hydrogen-bond donors (Lipinski definition) is 3. The summed E-state index contributed by atoms with van der Waals surface area (Å²) < 4.78 is 38.0. The maximum absolute atomic E-state index is 13.0. The summed E-state index contributed by atoms with van der Waals surface area (Å²) in [6, 6.07) is 19.7. The number of aryl methyl sites for hydroxylation is 1. The summed E-state index contributed by atoms with van der Waals surface area (Å²) >= 11 is 6.09. The Morgan fingerprint density at radius 2 is 1.66 bits per heavy atom. The Labute approximate surface area is 282 Å². The van der Waals surface area contributed by atoms with Crippen LogP contribution in [0.3, 0.4) is 0 Å². The van der Waals surface area contributed by atoms with Gasteiger partial charge in [0.25, 0.3) is 5.91 Å². The number of amides is 2. The van der Waals surface area contributed by atoms with E-state index in [0.717, 1.165) is 16.7 Å². The highest BCUT2D eigenvalue weighted by Gasteiger charge is 2.25. The molecule has 0 aliphatic heterocycles. The number of hydrogen-bond acceptors (Lipinski definition) is 8. The first-order valence-electron chi connectivity index (χ1n) is 15.5. The van der Waals surface area contributed by atoms with Gasteiger partial charge < -0.3 is 24.6 Å². The van der Waals surface area contributed by atoms with Gasteiger partial charge in [0, 0.05) is 18.2 Å². The van der Waals surface area contributed by atoms with E-state index in [0.29, 0.717) is 30.0 Å². The van der Waals surface area contributed by atoms with Gasteiger partial charge in [0.2, 0.25) is 10.0 Å². The van der Waals surface area contributed by atoms with E-state index >= 15 is 0 Å². The predicted octanol–water partition coefficient (Wildman–Crippen LogP) is 6.14. The number of ether oxygens (including phenoxy) is 2. The molecule has 3 rings (SSSR count). The first-order valence-corrected chi connectivity index (χ1v) is 17.6. The zero-order valence-electron chi connectivity index (χ0n) is 27.5. The number of carbonyl (C=O) groups is 2. The second-order valence-corrected chi connectivity index (χ2v) is 14.8. The second kappa shape index (κ2) is 17.0. The first kappa shape index (κ1) is 37.8. The summed E-state index contributed by atoms with van der Waals surface area (Å²) in [5.41, 5.74) is 2.69. The molecule has 0 aliphatic rings. The molecule has 47 heavy (non-hydrogen) atoms. The second-order valence-electron chi connectivity index (χ2n) is 12.5. The number of nitrogens with zero attached hydrogens (tertiary/aromatic N) is 1. The van der Waals surface area contributed by atoms with Crippen LogP contribution in [0.2, 0.25) is 5.02 Å². The van der Waals surface area contributed by atoms with Crippen LogP contribution < -0.4 is 9.46 Å². The number of sulfonamides is 1. The standard InChI is InChI=1S/C35H45ClN2O8S/c1-24(2)45-32-22-27(16-17-30(32)33(41)37-47(43,44)20-8-19-39)26-14-12-25(13-15-26)9-7-18-38(34(42)46-35(3,4)5)23-31(40)28-10-6-11-29(36)21-28/h6,10-17,21-22,24,31,39-40H,7-9,18-20,23H2,1-5H3,(H,37,41)/t31-/m0/s1. The summed E-state index contributed by atoms with van der Waals surface area (Å²) in [6.07, 6.45) is -0.401. The quantitative estimate of drug-likeness (QED) is 0.173. The van der Waals surface area contributed by atoms with Crippen molar-refractivity contribution in [1.29, 1.82) is 0 Å². The molecular weight excluding hydrogens is 644 g/mol. The molecule has 0 aliphatic carbocycles. The van der Waals surface area contributed by atoms with E-state index in [9.17, 15) is 23.1 Å². The predicted molar refractivity (Wildman–Crippen MR) is 183 cm³/mol. The molecule has 0 fully saturated rings. The lowest BCUT2D eigenvalue weighted by Crippen LogP contribution is -2.40. The molecule has 12 heteroatoms. The molecule has 2 amide bonds. The van der Waals surface area contributed by atoms with Gasteiger partial charge in [-0.05, 0) is 100 Å². The molecule has 0 unspecified atom stereocenters. The van der Waals surface area contributed by atoms with Crippen LogP contribution in [0.15, 0.2) is 66.7 Å². The van der Waals surface area contributed by atoms with E-state index < -0.39 is 33.7 Å². The lowest BCUT2D eigenvalue weighted by Gasteiger charge is -2.29. The molecule has 0 heterocycles. The maximum Gasteiger partial charge on any atom is 0.410 e. The molecule has 0 bridgehead atoms. The Morgan fingerprint density at radius 1 is 0.979 bits per heavy atom. The fraction of sp³-hybridized carbons (Fsp3) is 0.429. The fourth-order valence-corrected chi connectivity index (χ4v) is 5.89. The van der Waals surface area contributed by atoms with E-state index in [-0.39, 0.29) is 42.7 Å². The van der Waals surface area contributed by atoms with Crippen LogP contribution in [0.1, 0.15) is 75.0 Å². The molecular formula is C35H45ClN2O8S. The van der Waals surface area contributed by atoms with Crippen LogP contribution in [0.25, 0.3) is 11.1 Å². The monoisotopic (exact) mass is 688 g/mol. The minimum Gasteiger partial charge on any atom is -0.490 e. The highest BCUT2D eigenvalue weighted by molar-refractivity contribution is 7.90. The molecule has 10 nitrogen and oxygen atoms in total. The Bertz CT molecular complexity index is 1600. The third-order valence-corrected chi connectivity index (χ3v) is 8.43. The normalized spacial score (nSPS) is 12.4. The Kier molecular flexibility index (Phi) is 13.6. The molecule has 3 aromatic rings. The number of aliphatic hydroxyl groups excluding tert-OH is 2.